The van der Waals surface area contributed by atoms with Crippen LogP contribution in [0, 0.1) is 5.82 Å². The first-order valence-electron chi connectivity index (χ1n) is 5.33. The van der Waals surface area contributed by atoms with Crippen LogP contribution < -0.4 is 5.32 Å². The summed E-state index contributed by atoms with van der Waals surface area (Å²) in [4.78, 5) is 0. The second-order valence-corrected chi connectivity index (χ2v) is 3.99. The summed E-state index contributed by atoms with van der Waals surface area (Å²) in [6.45, 7) is -1.54. The molecular formula is C11H10F7NO. The van der Waals surface area contributed by atoms with Crippen molar-refractivity contribution >= 4 is 0 Å². The summed E-state index contributed by atoms with van der Waals surface area (Å²) in [5.74, 6) is -1.10. The van der Waals surface area contributed by atoms with Gasteiger partial charge in [-0.1, -0.05) is 6.07 Å². The van der Waals surface area contributed by atoms with E-state index in [-0.39, 0.29) is 6.07 Å². The summed E-state index contributed by atoms with van der Waals surface area (Å²) in [6, 6.07) is 1.86. The highest BCUT2D eigenvalue weighted by molar-refractivity contribution is 5.30. The van der Waals surface area contributed by atoms with Gasteiger partial charge in [0.1, 0.15) is 5.82 Å². The van der Waals surface area contributed by atoms with Gasteiger partial charge in [-0.3, -0.25) is 0 Å². The van der Waals surface area contributed by atoms with Crippen LogP contribution in [0.3, 0.4) is 0 Å². The van der Waals surface area contributed by atoms with Crippen LogP contribution in [0.4, 0.5) is 30.7 Å². The average molecular weight is 305 g/mol. The lowest BCUT2D eigenvalue weighted by Gasteiger charge is -2.17. The van der Waals surface area contributed by atoms with E-state index in [0.29, 0.717) is 0 Å². The lowest BCUT2D eigenvalue weighted by atomic mass is 10.1. The number of rotatable bonds is 4. The molecule has 0 fully saturated rings. The summed E-state index contributed by atoms with van der Waals surface area (Å²) in [6.07, 6.45) is -12.4. The maximum absolute atomic E-state index is 12.8. The molecule has 2 N–H and O–H groups in total. The topological polar surface area (TPSA) is 32.3 Å². The summed E-state index contributed by atoms with van der Waals surface area (Å²) in [7, 11) is 0. The smallest absolute Gasteiger partial charge is 0.382 e. The molecule has 0 saturated carbocycles. The number of aliphatic hydroxyl groups is 1. The molecule has 0 aliphatic carbocycles. The van der Waals surface area contributed by atoms with Gasteiger partial charge in [0.05, 0.1) is 5.56 Å². The molecule has 114 valence electrons. The third kappa shape index (κ3) is 4.64. The van der Waals surface area contributed by atoms with E-state index in [1.165, 1.54) is 0 Å². The van der Waals surface area contributed by atoms with Gasteiger partial charge in [0.2, 0.25) is 0 Å². The van der Waals surface area contributed by atoms with Crippen LogP contribution in [0.2, 0.25) is 0 Å². The Morgan fingerprint density at radius 2 is 1.70 bits per heavy atom. The first-order valence-corrected chi connectivity index (χ1v) is 5.33. The normalized spacial score (nSPS) is 14.4. The van der Waals surface area contributed by atoms with Gasteiger partial charge in [0, 0.05) is 13.1 Å². The van der Waals surface area contributed by atoms with Gasteiger partial charge in [-0.05, 0) is 17.7 Å². The second-order valence-electron chi connectivity index (χ2n) is 3.99. The largest absolute Gasteiger partial charge is 0.416 e. The van der Waals surface area contributed by atoms with Crippen molar-refractivity contribution in [1.82, 2.24) is 5.32 Å². The number of hydrogen-bond acceptors (Lipinski definition) is 2. The van der Waals surface area contributed by atoms with Gasteiger partial charge in [-0.2, -0.15) is 26.3 Å². The number of alkyl halides is 6. The summed E-state index contributed by atoms with van der Waals surface area (Å²) in [5.41, 5.74) is -1.68. The van der Waals surface area contributed by atoms with Crippen molar-refractivity contribution in [3.63, 3.8) is 0 Å². The zero-order chi connectivity index (χ0) is 15.6. The maximum atomic E-state index is 12.8. The number of benzene rings is 1. The lowest BCUT2D eigenvalue weighted by Crippen LogP contribution is -2.38. The maximum Gasteiger partial charge on any atom is 0.416 e. The SMILES string of the molecule is OC(CNCc1ccc(F)cc1C(F)(F)F)C(F)(F)F. The van der Waals surface area contributed by atoms with E-state index in [4.69, 9.17) is 5.11 Å². The average Bonchev–Trinajstić information content (AvgIpc) is 2.28. The first-order chi connectivity index (χ1) is 9.01. The highest BCUT2D eigenvalue weighted by Crippen LogP contribution is 2.32. The molecule has 1 rings (SSSR count). The van der Waals surface area contributed by atoms with Gasteiger partial charge in [-0.15, -0.1) is 0 Å². The Morgan fingerprint density at radius 1 is 1.10 bits per heavy atom. The van der Waals surface area contributed by atoms with Gasteiger partial charge < -0.3 is 10.4 Å². The van der Waals surface area contributed by atoms with Gasteiger partial charge in [0.15, 0.2) is 6.10 Å². The minimum absolute atomic E-state index is 0.261. The Kier molecular flexibility index (Phi) is 4.98. The molecule has 1 aromatic carbocycles. The van der Waals surface area contributed by atoms with Crippen LogP contribution >= 0.6 is 0 Å². The lowest BCUT2D eigenvalue weighted by molar-refractivity contribution is -0.201. The monoisotopic (exact) mass is 305 g/mol. The number of hydrogen-bond donors (Lipinski definition) is 2. The van der Waals surface area contributed by atoms with Crippen LogP contribution in [-0.4, -0.2) is 23.9 Å². The van der Waals surface area contributed by atoms with E-state index in [2.05, 4.69) is 0 Å². The Labute approximate surface area is 109 Å². The molecule has 0 aromatic heterocycles. The first kappa shape index (κ1) is 16.7. The predicted octanol–water partition coefficient (Wildman–Crippen LogP) is 2.86. The molecule has 0 amide bonds. The molecule has 0 spiro atoms. The quantitative estimate of drug-likeness (QED) is 0.839. The van der Waals surface area contributed by atoms with Crippen LogP contribution in [0.15, 0.2) is 18.2 Å². The fraction of sp³-hybridized carbons (Fsp3) is 0.455. The van der Waals surface area contributed by atoms with E-state index in [9.17, 15) is 30.7 Å². The minimum Gasteiger partial charge on any atom is -0.382 e. The standard InChI is InChI=1S/C11H10F7NO/c12-7-2-1-6(8(3-7)10(13,14)15)4-19-5-9(20)11(16,17)18/h1-3,9,19-20H,4-5H2. The fourth-order valence-electron chi connectivity index (χ4n) is 1.43. The Balaban J connectivity index is 2.74. The van der Waals surface area contributed by atoms with Crippen molar-refractivity contribution in [2.75, 3.05) is 6.54 Å². The zero-order valence-corrected chi connectivity index (χ0v) is 9.82. The molecule has 0 radical (unpaired) electrons. The molecule has 2 nitrogen and oxygen atoms in total. The molecule has 0 saturated heterocycles. The molecule has 20 heavy (non-hydrogen) atoms. The molecule has 1 atom stereocenters. The number of nitrogens with one attached hydrogen (secondary N) is 1. The molecule has 1 unspecified atom stereocenters. The Bertz CT molecular complexity index is 455. The third-order valence-corrected chi connectivity index (χ3v) is 2.41. The highest BCUT2D eigenvalue weighted by atomic mass is 19.4. The third-order valence-electron chi connectivity index (χ3n) is 2.41. The molecule has 0 heterocycles. The fourth-order valence-corrected chi connectivity index (χ4v) is 1.43. The van der Waals surface area contributed by atoms with Gasteiger partial charge >= 0.3 is 12.4 Å². The predicted molar refractivity (Wildman–Crippen MR) is 55.2 cm³/mol. The summed E-state index contributed by atoms with van der Waals surface area (Å²) >= 11 is 0. The van der Waals surface area contributed by atoms with Crippen molar-refractivity contribution in [2.45, 2.75) is 25.0 Å². The van der Waals surface area contributed by atoms with Crippen molar-refractivity contribution < 1.29 is 35.8 Å². The summed E-state index contributed by atoms with van der Waals surface area (Å²) < 4.78 is 86.4. The molecule has 0 aliphatic heterocycles. The summed E-state index contributed by atoms with van der Waals surface area (Å²) in [5, 5.41) is 10.7. The van der Waals surface area contributed by atoms with Crippen molar-refractivity contribution in [3.8, 4) is 0 Å². The molecule has 0 bridgehead atoms. The zero-order valence-electron chi connectivity index (χ0n) is 9.82. The van der Waals surface area contributed by atoms with Crippen LogP contribution in [0.25, 0.3) is 0 Å². The van der Waals surface area contributed by atoms with Gasteiger partial charge in [0.25, 0.3) is 0 Å². The minimum atomic E-state index is -4.86. The number of halogens is 7. The molecule has 0 aliphatic rings. The van der Waals surface area contributed by atoms with Crippen molar-refractivity contribution in [3.05, 3.63) is 35.1 Å². The van der Waals surface area contributed by atoms with E-state index < -0.39 is 48.5 Å². The van der Waals surface area contributed by atoms with E-state index >= 15 is 0 Å². The van der Waals surface area contributed by atoms with Gasteiger partial charge in [-0.25, -0.2) is 4.39 Å². The Hall–Kier alpha value is -1.35. The number of aliphatic hydroxyl groups excluding tert-OH is 1. The second kappa shape index (κ2) is 5.96. The van der Waals surface area contributed by atoms with E-state index in [1.807, 2.05) is 5.32 Å². The van der Waals surface area contributed by atoms with E-state index in [1.54, 1.807) is 0 Å². The highest BCUT2D eigenvalue weighted by Gasteiger charge is 2.38. The van der Waals surface area contributed by atoms with Crippen LogP contribution in [-0.2, 0) is 12.7 Å². The van der Waals surface area contributed by atoms with Crippen molar-refractivity contribution in [1.29, 1.82) is 0 Å². The van der Waals surface area contributed by atoms with Crippen LogP contribution in [0.5, 0.6) is 0 Å². The molecular weight excluding hydrogens is 295 g/mol. The molecule has 9 heteroatoms. The van der Waals surface area contributed by atoms with Crippen molar-refractivity contribution in [2.24, 2.45) is 0 Å². The Morgan fingerprint density at radius 3 is 2.20 bits per heavy atom. The van der Waals surface area contributed by atoms with Crippen LogP contribution in [0.1, 0.15) is 11.1 Å². The van der Waals surface area contributed by atoms with E-state index in [0.717, 1.165) is 12.1 Å². The molecule has 1 aromatic rings.